The molecule has 0 unspecified atom stereocenters. The summed E-state index contributed by atoms with van der Waals surface area (Å²) in [5.41, 5.74) is 12.4. The number of aliphatic hydroxyl groups excluding tert-OH is 2. The third-order valence-corrected chi connectivity index (χ3v) is 8.05. The maximum atomic E-state index is 11.7. The lowest BCUT2D eigenvalue weighted by Crippen LogP contribution is -2.08. The smallest absolute Gasteiger partial charge is 0.248 e. The van der Waals surface area contributed by atoms with E-state index in [4.69, 9.17) is 15.0 Å². The van der Waals surface area contributed by atoms with E-state index in [-0.39, 0.29) is 17.7 Å². The Bertz CT molecular complexity index is 2150. The average molecular weight is 711 g/mol. The molecule has 2 atom stereocenters. The summed E-state index contributed by atoms with van der Waals surface area (Å²) in [5.74, 6) is 1.10. The molecule has 48 heavy (non-hydrogen) atoms. The number of H-pyrrole nitrogens is 2. The minimum absolute atomic E-state index is 0.0883. The molecule has 4 N–H and O–H groups in total. The normalized spacial score (nSPS) is 12.0. The zero-order valence-electron chi connectivity index (χ0n) is 25.6. The van der Waals surface area contributed by atoms with Crippen LogP contribution in [-0.2, 0) is 13.2 Å². The predicted octanol–water partition coefficient (Wildman–Crippen LogP) is 6.99. The van der Waals surface area contributed by atoms with Gasteiger partial charge in [0, 0.05) is 33.1 Å². The van der Waals surface area contributed by atoms with E-state index in [9.17, 15) is 19.8 Å². The van der Waals surface area contributed by atoms with Crippen molar-refractivity contribution in [1.29, 1.82) is 0 Å². The lowest BCUT2D eigenvalue weighted by atomic mass is 10.0. The van der Waals surface area contributed by atoms with Crippen molar-refractivity contribution in [2.45, 2.75) is 25.4 Å². The molecule has 4 aromatic carbocycles. The number of nitrogens with one attached hydrogen (secondary N) is 2. The van der Waals surface area contributed by atoms with Crippen LogP contribution in [0.2, 0.25) is 0 Å². The number of aromatic amines is 2. The molecule has 2 aromatic heterocycles. The molecule has 0 amide bonds. The molecule has 0 saturated carbocycles. The minimum Gasteiger partial charge on any atom is -0.487 e. The molecule has 2 heterocycles. The van der Waals surface area contributed by atoms with Gasteiger partial charge in [0.25, 0.3) is 0 Å². The first-order valence-electron chi connectivity index (χ1n) is 15.0. The maximum absolute atomic E-state index is 11.7. The van der Waals surface area contributed by atoms with Crippen molar-refractivity contribution in [3.8, 4) is 11.5 Å². The molecule has 0 spiro atoms. The Morgan fingerprint density at radius 2 is 1.12 bits per heavy atom. The molecule has 0 fully saturated rings. The zero-order chi connectivity index (χ0) is 33.9. The lowest BCUT2D eigenvalue weighted by Gasteiger charge is -2.15. The minimum atomic E-state index is -0.965. The van der Waals surface area contributed by atoms with Crippen LogP contribution >= 0.6 is 15.9 Å². The second-order valence-electron chi connectivity index (χ2n) is 10.7. The van der Waals surface area contributed by atoms with Crippen LogP contribution in [0.25, 0.3) is 32.2 Å². The molecular formula is C36H32BrN5O6. The number of aliphatic hydroxyl groups is 2. The number of nitrogens with zero attached hydrogens (tertiary/aromatic N) is 3. The van der Waals surface area contributed by atoms with Gasteiger partial charge in [-0.3, -0.25) is 9.59 Å². The number of pyridine rings is 2. The number of alkyl halides is 1. The monoisotopic (exact) mass is 709 g/mol. The fourth-order valence-electron chi connectivity index (χ4n) is 5.08. The van der Waals surface area contributed by atoms with E-state index in [1.807, 2.05) is 66.7 Å². The Morgan fingerprint density at radius 3 is 1.56 bits per heavy atom. The maximum Gasteiger partial charge on any atom is 0.248 e. The highest BCUT2D eigenvalue weighted by atomic mass is 79.9. The first-order chi connectivity index (χ1) is 23.4. The summed E-state index contributed by atoms with van der Waals surface area (Å²) >= 11 is 3.28. The third kappa shape index (κ3) is 8.49. The number of aromatic nitrogens is 2. The van der Waals surface area contributed by atoms with Gasteiger partial charge in [0.2, 0.25) is 11.1 Å². The molecule has 244 valence electrons. The van der Waals surface area contributed by atoms with Crippen LogP contribution < -0.4 is 20.6 Å². The summed E-state index contributed by atoms with van der Waals surface area (Å²) in [7, 11) is 0. The van der Waals surface area contributed by atoms with Crippen LogP contribution in [0.1, 0.15) is 34.5 Å². The van der Waals surface area contributed by atoms with E-state index in [0.29, 0.717) is 52.0 Å². The highest BCUT2D eigenvalue weighted by Gasteiger charge is 2.15. The van der Waals surface area contributed by atoms with Gasteiger partial charge in [-0.05, 0) is 52.1 Å². The SMILES string of the molecule is O=c1ccc2c([C@@H](O)CBr)ccc(OCc3ccccc3)c2[nH]1.[N-]=[N+]=NC[C@H](O)c1ccc(OCc2ccccc2)c2[nH]c(=O)ccc12. The Kier molecular flexibility index (Phi) is 11.6. The summed E-state index contributed by atoms with van der Waals surface area (Å²) in [6, 6.07) is 32.7. The van der Waals surface area contributed by atoms with Gasteiger partial charge < -0.3 is 29.7 Å². The molecule has 6 aromatic rings. The van der Waals surface area contributed by atoms with Gasteiger partial charge in [-0.25, -0.2) is 0 Å². The average Bonchev–Trinajstić information content (AvgIpc) is 3.12. The van der Waals surface area contributed by atoms with Crippen molar-refractivity contribution in [3.05, 3.63) is 163 Å². The third-order valence-electron chi connectivity index (χ3n) is 7.44. The van der Waals surface area contributed by atoms with Crippen LogP contribution in [0.15, 0.2) is 124 Å². The second kappa shape index (κ2) is 16.4. The lowest BCUT2D eigenvalue weighted by molar-refractivity contribution is 0.188. The van der Waals surface area contributed by atoms with Crippen molar-refractivity contribution in [1.82, 2.24) is 9.97 Å². The highest BCUT2D eigenvalue weighted by Crippen LogP contribution is 2.32. The molecular weight excluding hydrogens is 678 g/mol. The molecule has 6 rings (SSSR count). The Hall–Kier alpha value is -5.39. The summed E-state index contributed by atoms with van der Waals surface area (Å²) in [4.78, 5) is 31.6. The van der Waals surface area contributed by atoms with Crippen molar-refractivity contribution < 1.29 is 19.7 Å². The standard InChI is InChI=1S/C18H16BrNO3.C18H16N4O3/c19-10-15(21)13-6-8-16(18-14(13)7-9-17(22)20-18)23-11-12-4-2-1-3-5-12;19-22-20-10-15(23)13-6-8-16(18-14(13)7-9-17(24)21-18)25-11-12-4-2-1-3-5-12/h1-9,15,21H,10-11H2,(H,20,22);1-9,15,23H,10-11H2,(H,21,24)/t2*15-/m00/s1. The highest BCUT2D eigenvalue weighted by molar-refractivity contribution is 9.09. The van der Waals surface area contributed by atoms with E-state index >= 15 is 0 Å². The van der Waals surface area contributed by atoms with E-state index in [2.05, 4.69) is 35.9 Å². The Labute approximate surface area is 283 Å². The number of fused-ring (bicyclic) bond motifs is 2. The first kappa shape index (κ1) is 34.0. The van der Waals surface area contributed by atoms with Gasteiger partial charge in [0.05, 0.1) is 29.8 Å². The van der Waals surface area contributed by atoms with Crippen LogP contribution in [0.3, 0.4) is 0 Å². The number of halogens is 1. The second-order valence-corrected chi connectivity index (χ2v) is 11.3. The van der Waals surface area contributed by atoms with Crippen LogP contribution in [0.4, 0.5) is 0 Å². The molecule has 0 bridgehead atoms. The molecule has 0 aliphatic carbocycles. The molecule has 0 aliphatic rings. The van der Waals surface area contributed by atoms with E-state index in [0.717, 1.165) is 22.1 Å². The fourth-order valence-corrected chi connectivity index (χ4v) is 5.43. The van der Waals surface area contributed by atoms with E-state index in [1.54, 1.807) is 30.3 Å². The number of benzene rings is 4. The topological polar surface area (TPSA) is 173 Å². The van der Waals surface area contributed by atoms with Crippen molar-refractivity contribution in [2.24, 2.45) is 5.11 Å². The first-order valence-corrected chi connectivity index (χ1v) is 16.1. The van der Waals surface area contributed by atoms with Gasteiger partial charge in [0.1, 0.15) is 24.7 Å². The fraction of sp³-hybridized carbons (Fsp3) is 0.167. The quantitative estimate of drug-likeness (QED) is 0.0488. The van der Waals surface area contributed by atoms with Crippen molar-refractivity contribution >= 4 is 37.7 Å². The molecule has 12 heteroatoms. The van der Waals surface area contributed by atoms with Crippen LogP contribution in [-0.4, -0.2) is 32.1 Å². The summed E-state index contributed by atoms with van der Waals surface area (Å²) in [6.45, 7) is 0.676. The van der Waals surface area contributed by atoms with Crippen LogP contribution in [0, 0.1) is 0 Å². The van der Waals surface area contributed by atoms with E-state index < -0.39 is 12.2 Å². The van der Waals surface area contributed by atoms with Gasteiger partial charge in [-0.15, -0.1) is 0 Å². The van der Waals surface area contributed by atoms with Gasteiger partial charge in [0.15, 0.2) is 0 Å². The zero-order valence-corrected chi connectivity index (χ0v) is 27.2. The molecule has 11 nitrogen and oxygen atoms in total. The predicted molar refractivity (Wildman–Crippen MR) is 188 cm³/mol. The van der Waals surface area contributed by atoms with Gasteiger partial charge in [-0.1, -0.05) is 93.8 Å². The number of azide groups is 1. The number of rotatable bonds is 11. The van der Waals surface area contributed by atoms with Gasteiger partial charge in [-0.2, -0.15) is 0 Å². The molecule has 0 radical (unpaired) electrons. The van der Waals surface area contributed by atoms with Crippen molar-refractivity contribution in [2.75, 3.05) is 11.9 Å². The van der Waals surface area contributed by atoms with Gasteiger partial charge >= 0.3 is 0 Å². The molecule has 0 aliphatic heterocycles. The Morgan fingerprint density at radius 1 is 0.667 bits per heavy atom. The number of hydrogen-bond acceptors (Lipinski definition) is 7. The van der Waals surface area contributed by atoms with E-state index in [1.165, 1.54) is 12.1 Å². The molecule has 0 saturated heterocycles. The number of ether oxygens (including phenoxy) is 2. The van der Waals surface area contributed by atoms with Crippen LogP contribution in [0.5, 0.6) is 11.5 Å². The summed E-state index contributed by atoms with van der Waals surface area (Å²) in [6.07, 6.45) is -1.61. The summed E-state index contributed by atoms with van der Waals surface area (Å²) < 4.78 is 11.7. The Balaban J connectivity index is 0.000000188. The van der Waals surface area contributed by atoms with Crippen molar-refractivity contribution in [3.63, 3.8) is 0 Å². The largest absolute Gasteiger partial charge is 0.487 e. The number of hydrogen-bond donors (Lipinski definition) is 4. The summed E-state index contributed by atoms with van der Waals surface area (Å²) in [5, 5.41) is 25.6.